The van der Waals surface area contributed by atoms with Gasteiger partial charge >= 0.3 is 5.69 Å². The summed E-state index contributed by atoms with van der Waals surface area (Å²) in [5, 5.41) is 0.963. The van der Waals surface area contributed by atoms with Crippen LogP contribution in [0.4, 0.5) is 0 Å². The summed E-state index contributed by atoms with van der Waals surface area (Å²) in [6.07, 6.45) is 0. The van der Waals surface area contributed by atoms with Gasteiger partial charge < -0.3 is 4.74 Å². The monoisotopic (exact) mass is 398 g/mol. The third-order valence-corrected chi connectivity index (χ3v) is 5.90. The highest BCUT2D eigenvalue weighted by Crippen LogP contribution is 2.36. The van der Waals surface area contributed by atoms with Crippen molar-refractivity contribution in [2.45, 2.75) is 6.92 Å². The number of rotatable bonds is 3. The minimum absolute atomic E-state index is 0.357. The van der Waals surface area contributed by atoms with Crippen molar-refractivity contribution in [3.05, 3.63) is 80.0 Å². The maximum Gasteiger partial charge on any atom is 0.334 e. The zero-order valence-corrected chi connectivity index (χ0v) is 16.1. The third-order valence-electron chi connectivity index (χ3n) is 4.41. The number of aromatic nitrogens is 2. The van der Waals surface area contributed by atoms with Gasteiger partial charge in [0, 0.05) is 9.90 Å². The lowest BCUT2D eigenvalue weighted by Gasteiger charge is -2.05. The van der Waals surface area contributed by atoms with Crippen LogP contribution in [0.5, 0.6) is 5.75 Å². The van der Waals surface area contributed by atoms with Gasteiger partial charge in [-0.3, -0.25) is 9.78 Å². The largest absolute Gasteiger partial charge is 0.497 e. The van der Waals surface area contributed by atoms with Crippen LogP contribution in [0.15, 0.2) is 58.1 Å². The van der Waals surface area contributed by atoms with Crippen LogP contribution < -0.4 is 16.0 Å². The van der Waals surface area contributed by atoms with Gasteiger partial charge in [0.05, 0.1) is 18.2 Å². The van der Waals surface area contributed by atoms with E-state index in [2.05, 4.69) is 4.98 Å². The fourth-order valence-electron chi connectivity index (χ4n) is 3.08. The van der Waals surface area contributed by atoms with Crippen LogP contribution in [0.3, 0.4) is 0 Å². The molecule has 27 heavy (non-hydrogen) atoms. The Morgan fingerprint density at radius 1 is 1.11 bits per heavy atom. The Morgan fingerprint density at radius 3 is 2.52 bits per heavy atom. The van der Waals surface area contributed by atoms with Gasteiger partial charge in [-0.05, 0) is 60.5 Å². The summed E-state index contributed by atoms with van der Waals surface area (Å²) >= 11 is 7.41. The van der Waals surface area contributed by atoms with Crippen LogP contribution >= 0.6 is 22.9 Å². The molecule has 0 radical (unpaired) electrons. The first kappa shape index (κ1) is 17.6. The van der Waals surface area contributed by atoms with Crippen LogP contribution in [-0.2, 0) is 0 Å². The number of aryl methyl sites for hydroxylation is 1. The number of benzene rings is 2. The summed E-state index contributed by atoms with van der Waals surface area (Å²) in [7, 11) is 1.61. The van der Waals surface area contributed by atoms with E-state index in [0.29, 0.717) is 20.9 Å². The highest BCUT2D eigenvalue weighted by molar-refractivity contribution is 7.22. The fraction of sp³-hybridized carbons (Fsp3) is 0.100. The Labute approximate surface area is 163 Å². The number of nitrogens with zero attached hydrogens (tertiary/aromatic N) is 1. The summed E-state index contributed by atoms with van der Waals surface area (Å²) in [5.41, 5.74) is 1.38. The number of H-pyrrole nitrogens is 1. The van der Waals surface area contributed by atoms with Crippen molar-refractivity contribution >= 4 is 33.2 Å². The van der Waals surface area contributed by atoms with E-state index in [9.17, 15) is 9.59 Å². The van der Waals surface area contributed by atoms with Gasteiger partial charge in [0.1, 0.15) is 10.6 Å². The van der Waals surface area contributed by atoms with E-state index < -0.39 is 5.69 Å². The normalized spacial score (nSPS) is 11.1. The highest BCUT2D eigenvalue weighted by atomic mass is 35.5. The predicted molar refractivity (Wildman–Crippen MR) is 110 cm³/mol. The molecule has 0 bridgehead atoms. The zero-order chi connectivity index (χ0) is 19.1. The van der Waals surface area contributed by atoms with E-state index in [0.717, 1.165) is 26.3 Å². The van der Waals surface area contributed by atoms with E-state index >= 15 is 0 Å². The van der Waals surface area contributed by atoms with Gasteiger partial charge in [-0.15, -0.1) is 11.3 Å². The summed E-state index contributed by atoms with van der Waals surface area (Å²) < 4.78 is 6.31. The van der Waals surface area contributed by atoms with Crippen LogP contribution in [-0.4, -0.2) is 16.7 Å². The van der Waals surface area contributed by atoms with Gasteiger partial charge in [-0.1, -0.05) is 17.7 Å². The second-order valence-electron chi connectivity index (χ2n) is 6.04. The lowest BCUT2D eigenvalue weighted by atomic mass is 10.1. The molecule has 7 heteroatoms. The molecule has 2 aromatic carbocycles. The molecule has 5 nitrogen and oxygen atoms in total. The van der Waals surface area contributed by atoms with E-state index in [4.69, 9.17) is 16.3 Å². The molecular formula is C20H15ClN2O3S. The summed E-state index contributed by atoms with van der Waals surface area (Å²) in [6, 6.07) is 14.3. The molecule has 0 aliphatic rings. The molecule has 0 unspecified atom stereocenters. The third kappa shape index (κ3) is 2.97. The summed E-state index contributed by atoms with van der Waals surface area (Å²) in [6.45, 7) is 1.89. The van der Waals surface area contributed by atoms with Crippen molar-refractivity contribution < 1.29 is 4.74 Å². The first-order valence-corrected chi connectivity index (χ1v) is 9.38. The SMILES string of the molecule is COc1ccc(-c2sc3[nH]c(=O)n(-c4cccc(Cl)c4)c(=O)c3c2C)cc1. The molecule has 2 heterocycles. The van der Waals surface area contributed by atoms with Crippen LogP contribution in [0, 0.1) is 6.92 Å². The van der Waals surface area contributed by atoms with Gasteiger partial charge in [0.25, 0.3) is 5.56 Å². The van der Waals surface area contributed by atoms with Crippen LogP contribution in [0.2, 0.25) is 5.02 Å². The average molecular weight is 399 g/mol. The molecule has 0 spiro atoms. The van der Waals surface area contributed by atoms with Crippen LogP contribution in [0.25, 0.3) is 26.3 Å². The maximum atomic E-state index is 13.1. The minimum atomic E-state index is -0.489. The Balaban J connectivity index is 1.97. The van der Waals surface area contributed by atoms with E-state index in [1.807, 2.05) is 31.2 Å². The molecule has 1 N–H and O–H groups in total. The second-order valence-corrected chi connectivity index (χ2v) is 7.50. The van der Waals surface area contributed by atoms with Crippen LogP contribution in [0.1, 0.15) is 5.56 Å². The lowest BCUT2D eigenvalue weighted by molar-refractivity contribution is 0.415. The Bertz CT molecular complexity index is 1270. The number of fused-ring (bicyclic) bond motifs is 1. The number of aromatic amines is 1. The van der Waals surface area contributed by atoms with Gasteiger partial charge in [0.2, 0.25) is 0 Å². The molecule has 0 saturated carbocycles. The van der Waals surface area contributed by atoms with Crippen molar-refractivity contribution in [2.75, 3.05) is 7.11 Å². The van der Waals surface area contributed by atoms with Crippen molar-refractivity contribution in [2.24, 2.45) is 0 Å². The van der Waals surface area contributed by atoms with Gasteiger partial charge in [-0.2, -0.15) is 0 Å². The minimum Gasteiger partial charge on any atom is -0.497 e. The molecule has 0 fully saturated rings. The van der Waals surface area contributed by atoms with Crippen molar-refractivity contribution in [3.63, 3.8) is 0 Å². The zero-order valence-electron chi connectivity index (χ0n) is 14.6. The smallest absolute Gasteiger partial charge is 0.334 e. The van der Waals surface area contributed by atoms with Crippen molar-refractivity contribution in [1.82, 2.24) is 9.55 Å². The molecular weight excluding hydrogens is 384 g/mol. The van der Waals surface area contributed by atoms with E-state index in [1.54, 1.807) is 31.4 Å². The number of nitrogens with one attached hydrogen (secondary N) is 1. The standard InChI is InChI=1S/C20H15ClN2O3S/c1-11-16-18(27-17(11)12-6-8-15(26-2)9-7-12)22-20(25)23(19(16)24)14-5-3-4-13(21)10-14/h3-10H,1-2H3,(H,22,25). The Hall–Kier alpha value is -2.83. The number of ether oxygens (including phenoxy) is 1. The fourth-order valence-corrected chi connectivity index (χ4v) is 4.46. The molecule has 0 atom stereocenters. The molecule has 0 aliphatic heterocycles. The molecule has 0 aliphatic carbocycles. The Kier molecular flexibility index (Phi) is 4.37. The summed E-state index contributed by atoms with van der Waals surface area (Å²) in [4.78, 5) is 30.0. The molecule has 4 aromatic rings. The molecule has 136 valence electrons. The van der Waals surface area contributed by atoms with E-state index in [1.165, 1.54) is 11.3 Å². The number of hydrogen-bond acceptors (Lipinski definition) is 4. The van der Waals surface area contributed by atoms with Crippen molar-refractivity contribution in [1.29, 1.82) is 0 Å². The highest BCUT2D eigenvalue weighted by Gasteiger charge is 2.18. The van der Waals surface area contributed by atoms with E-state index in [-0.39, 0.29) is 5.56 Å². The number of halogens is 1. The predicted octanol–water partition coefficient (Wildman–Crippen LogP) is 4.38. The Morgan fingerprint density at radius 2 is 1.85 bits per heavy atom. The molecule has 0 amide bonds. The second kappa shape index (κ2) is 6.72. The quantitative estimate of drug-likeness (QED) is 0.557. The molecule has 2 aromatic heterocycles. The number of methoxy groups -OCH3 is 1. The number of hydrogen-bond donors (Lipinski definition) is 1. The number of thiophene rings is 1. The van der Waals surface area contributed by atoms with Crippen molar-refractivity contribution in [3.8, 4) is 21.9 Å². The maximum absolute atomic E-state index is 13.1. The lowest BCUT2D eigenvalue weighted by Crippen LogP contribution is -2.33. The molecule has 4 rings (SSSR count). The first-order valence-electron chi connectivity index (χ1n) is 8.18. The average Bonchev–Trinajstić information content (AvgIpc) is 2.98. The van der Waals surface area contributed by atoms with Gasteiger partial charge in [-0.25, -0.2) is 9.36 Å². The summed E-state index contributed by atoms with van der Waals surface area (Å²) in [5.74, 6) is 0.759. The first-order chi connectivity index (χ1) is 13.0. The molecule has 0 saturated heterocycles. The van der Waals surface area contributed by atoms with Gasteiger partial charge in [0.15, 0.2) is 0 Å². The topological polar surface area (TPSA) is 64.1 Å².